The predicted molar refractivity (Wildman–Crippen MR) is 101 cm³/mol. The molecule has 2 N–H and O–H groups in total. The monoisotopic (exact) mass is 337 g/mol. The van der Waals surface area contributed by atoms with Gasteiger partial charge in [0.2, 0.25) is 0 Å². The van der Waals surface area contributed by atoms with Crippen LogP contribution in [0.5, 0.6) is 0 Å². The lowest BCUT2D eigenvalue weighted by molar-refractivity contribution is 0.0499. The molecule has 3 rings (SSSR count). The minimum absolute atomic E-state index is 0.0686. The quantitative estimate of drug-likeness (QED) is 0.552. The average Bonchev–Trinajstić information content (AvgIpc) is 2.81. The zero-order valence-corrected chi connectivity index (χ0v) is 17.1. The first-order chi connectivity index (χ1) is 10.7. The van der Waals surface area contributed by atoms with Gasteiger partial charge < -0.3 is 10.1 Å². The molecule has 0 heterocycles. The number of hydrogen-bond donors (Lipinski definition) is 2. The average molecular weight is 338 g/mol. The van der Waals surface area contributed by atoms with E-state index in [0.29, 0.717) is 0 Å². The van der Waals surface area contributed by atoms with Gasteiger partial charge in [-0.25, -0.2) is 0 Å². The molecule has 3 fully saturated rings. The summed E-state index contributed by atoms with van der Waals surface area (Å²) >= 11 is 0. The molecule has 0 aromatic carbocycles. The van der Waals surface area contributed by atoms with E-state index in [2.05, 4.69) is 38.8 Å². The molecule has 5 unspecified atom stereocenters. The van der Waals surface area contributed by atoms with Crippen molar-refractivity contribution in [2.75, 3.05) is 0 Å². The number of rotatable bonds is 3. The molecule has 0 aliphatic heterocycles. The number of fused-ring (bicyclic) bond motifs is 3. The lowest BCUT2D eigenvalue weighted by Crippen LogP contribution is -2.59. The zero-order chi connectivity index (χ0) is 16.8. The maximum atomic E-state index is 10.7. The van der Waals surface area contributed by atoms with Gasteiger partial charge in [0.15, 0.2) is 0 Å². The molecule has 3 heteroatoms. The maximum absolute atomic E-state index is 10.7. The highest BCUT2D eigenvalue weighted by molar-refractivity contribution is 6.76. The van der Waals surface area contributed by atoms with E-state index in [-0.39, 0.29) is 11.6 Å². The van der Waals surface area contributed by atoms with E-state index in [0.717, 1.165) is 29.2 Å². The van der Waals surface area contributed by atoms with E-state index in [1.54, 1.807) is 0 Å². The van der Waals surface area contributed by atoms with Crippen molar-refractivity contribution in [3.8, 4) is 0 Å². The summed E-state index contributed by atoms with van der Waals surface area (Å²) in [5.74, 6) is 3.94. The fraction of sp³-hybridized carbons (Fsp3) is 1.00. The lowest BCUT2D eigenvalue weighted by Gasteiger charge is -2.44. The van der Waals surface area contributed by atoms with Crippen molar-refractivity contribution in [2.24, 2.45) is 29.1 Å². The Hall–Kier alpha value is 0.137. The summed E-state index contributed by atoms with van der Waals surface area (Å²) in [6.45, 7) is 11.5. The summed E-state index contributed by atoms with van der Waals surface area (Å²) in [7, 11) is -1.66. The van der Waals surface area contributed by atoms with Crippen molar-refractivity contribution in [1.82, 2.24) is 4.98 Å². The Balaban J connectivity index is 1.83. The van der Waals surface area contributed by atoms with Crippen LogP contribution in [0, 0.1) is 29.1 Å². The van der Waals surface area contributed by atoms with Gasteiger partial charge in [0.25, 0.3) is 0 Å². The maximum Gasteiger partial charge on any atom is 0.125 e. The molecule has 0 spiro atoms. The Morgan fingerprint density at radius 1 is 0.826 bits per heavy atom. The summed E-state index contributed by atoms with van der Waals surface area (Å²) < 4.78 is 0. The van der Waals surface area contributed by atoms with Crippen molar-refractivity contribution < 1.29 is 5.11 Å². The predicted octanol–water partition coefficient (Wildman–Crippen LogP) is 5.14. The molecule has 0 aromatic heterocycles. The fourth-order valence-corrected chi connectivity index (χ4v) is 10.7. The Kier molecular flexibility index (Phi) is 5.04. The molecule has 0 bridgehead atoms. The van der Waals surface area contributed by atoms with Crippen LogP contribution in [0.3, 0.4) is 0 Å². The highest BCUT2D eigenvalue weighted by atomic mass is 28.3. The van der Waals surface area contributed by atoms with Gasteiger partial charge in [0.1, 0.15) is 14.5 Å². The molecule has 5 atom stereocenters. The third-order valence-electron chi connectivity index (χ3n) is 7.38. The van der Waals surface area contributed by atoms with Crippen molar-refractivity contribution in [1.29, 1.82) is 0 Å². The minimum atomic E-state index is -1.66. The number of hydrogen-bond acceptors (Lipinski definition) is 2. The number of nitrogens with one attached hydrogen (secondary N) is 1. The van der Waals surface area contributed by atoms with E-state index in [1.165, 1.54) is 51.4 Å². The third-order valence-corrected chi connectivity index (χ3v) is 10.9. The van der Waals surface area contributed by atoms with Gasteiger partial charge in [-0.1, -0.05) is 72.4 Å². The highest BCUT2D eigenvalue weighted by Crippen LogP contribution is 2.62. The van der Waals surface area contributed by atoms with Crippen molar-refractivity contribution in [3.05, 3.63) is 0 Å². The van der Waals surface area contributed by atoms with Gasteiger partial charge in [-0.05, 0) is 42.1 Å². The van der Waals surface area contributed by atoms with Crippen LogP contribution in [0.2, 0.25) is 18.6 Å². The van der Waals surface area contributed by atoms with E-state index in [4.69, 9.17) is 0 Å². The van der Waals surface area contributed by atoms with Crippen LogP contribution in [0.15, 0.2) is 0 Å². The molecule has 3 aliphatic carbocycles. The molecular weight excluding hydrogens is 298 g/mol. The van der Waals surface area contributed by atoms with Gasteiger partial charge in [-0.3, -0.25) is 0 Å². The smallest absolute Gasteiger partial charge is 0.125 e. The summed E-state index contributed by atoms with van der Waals surface area (Å²) in [5, 5.41) is 10.7. The number of aliphatic hydroxyl groups excluding tert-OH is 1. The van der Waals surface area contributed by atoms with E-state index < -0.39 is 8.24 Å². The second kappa shape index (κ2) is 6.46. The largest absolute Gasteiger partial charge is 0.379 e. The topological polar surface area (TPSA) is 32.3 Å². The Morgan fingerprint density at radius 3 is 1.61 bits per heavy atom. The molecule has 0 aromatic rings. The van der Waals surface area contributed by atoms with Gasteiger partial charge in [-0.2, -0.15) is 0 Å². The number of aliphatic hydroxyl groups is 1. The summed E-state index contributed by atoms with van der Waals surface area (Å²) in [4.78, 5) is 3.80. The van der Waals surface area contributed by atoms with Gasteiger partial charge in [-0.15, -0.1) is 0 Å². The fourth-order valence-electron chi connectivity index (χ4n) is 6.38. The van der Waals surface area contributed by atoms with E-state index >= 15 is 0 Å². The standard InChI is InChI=1S/C20H39NOSi/c1-20(2,3)19(22)21-23(4,5)18-16-12-8-6-10-14(16)15-11-7-9-13-17(15)18/h14-19,21-22H,6-13H2,1-5H3. The summed E-state index contributed by atoms with van der Waals surface area (Å²) in [6, 6.07) is 0. The van der Waals surface area contributed by atoms with Gasteiger partial charge in [0.05, 0.1) is 0 Å². The third kappa shape index (κ3) is 3.43. The Morgan fingerprint density at radius 2 is 1.22 bits per heavy atom. The van der Waals surface area contributed by atoms with Crippen LogP contribution in [0.1, 0.15) is 72.1 Å². The lowest BCUT2D eigenvalue weighted by atomic mass is 9.73. The van der Waals surface area contributed by atoms with Crippen LogP contribution in [-0.4, -0.2) is 19.6 Å². The summed E-state index contributed by atoms with van der Waals surface area (Å²) in [6.07, 6.45) is 11.4. The zero-order valence-electron chi connectivity index (χ0n) is 16.1. The molecule has 2 nitrogen and oxygen atoms in total. The van der Waals surface area contributed by atoms with Gasteiger partial charge >= 0.3 is 0 Å². The van der Waals surface area contributed by atoms with Crippen LogP contribution in [-0.2, 0) is 0 Å². The molecule has 23 heavy (non-hydrogen) atoms. The van der Waals surface area contributed by atoms with Crippen LogP contribution >= 0.6 is 0 Å². The summed E-state index contributed by atoms with van der Waals surface area (Å²) in [5.41, 5.74) is 0.816. The minimum Gasteiger partial charge on any atom is -0.379 e. The Bertz CT molecular complexity index is 394. The first kappa shape index (κ1) is 17.9. The van der Waals surface area contributed by atoms with Crippen LogP contribution in [0.4, 0.5) is 0 Å². The van der Waals surface area contributed by atoms with Crippen LogP contribution < -0.4 is 4.98 Å². The molecule has 3 aliphatic rings. The highest BCUT2D eigenvalue weighted by Gasteiger charge is 2.56. The molecule has 0 saturated heterocycles. The van der Waals surface area contributed by atoms with Gasteiger partial charge in [0, 0.05) is 5.41 Å². The van der Waals surface area contributed by atoms with Crippen molar-refractivity contribution in [2.45, 2.75) is 97.0 Å². The van der Waals surface area contributed by atoms with Crippen molar-refractivity contribution >= 4 is 8.24 Å². The SMILES string of the molecule is CC(C)(C)C(O)N[Si](C)(C)C1C2CCCCC2C2CCCCC21. The van der Waals surface area contributed by atoms with Crippen molar-refractivity contribution in [3.63, 3.8) is 0 Å². The molecule has 0 radical (unpaired) electrons. The van der Waals surface area contributed by atoms with E-state index in [1.807, 2.05) is 0 Å². The Labute approximate surface area is 144 Å². The van der Waals surface area contributed by atoms with E-state index in [9.17, 15) is 5.11 Å². The molecule has 134 valence electrons. The second-order valence-electron chi connectivity index (χ2n) is 10.4. The van der Waals surface area contributed by atoms with Crippen LogP contribution in [0.25, 0.3) is 0 Å². The molecular formula is C20H39NOSi. The molecule has 0 amide bonds. The second-order valence-corrected chi connectivity index (χ2v) is 14.8. The first-order valence-electron chi connectivity index (χ1n) is 10.2. The normalized spacial score (nSPS) is 39.7. The first-order valence-corrected chi connectivity index (χ1v) is 13.3. The molecule has 3 saturated carbocycles.